The molecule has 0 saturated heterocycles. The highest BCUT2D eigenvalue weighted by Gasteiger charge is 2.24. The van der Waals surface area contributed by atoms with Crippen LogP contribution in [0.2, 0.25) is 0 Å². The van der Waals surface area contributed by atoms with Gasteiger partial charge in [-0.1, -0.05) is 0 Å². The summed E-state index contributed by atoms with van der Waals surface area (Å²) in [6, 6.07) is 1.07. The van der Waals surface area contributed by atoms with Crippen molar-refractivity contribution in [2.45, 2.75) is 20.3 Å². The summed E-state index contributed by atoms with van der Waals surface area (Å²) in [5, 5.41) is 9.49. The fourth-order valence-corrected chi connectivity index (χ4v) is 1.37. The van der Waals surface area contributed by atoms with Gasteiger partial charge >= 0.3 is 11.6 Å². The highest BCUT2D eigenvalue weighted by molar-refractivity contribution is 6.38. The normalized spacial score (nSPS) is 10.0. The van der Waals surface area contributed by atoms with E-state index in [-0.39, 0.29) is 12.4 Å². The third kappa shape index (κ3) is 3.51. The molecule has 0 amide bonds. The molecule has 0 aliphatic rings. The number of hydrogen-bond acceptors (Lipinski definition) is 7. The molecular weight excluding hydrogens is 256 g/mol. The standard InChI is InChI=1S/C12H12O7/c1-3-18-11(16)9(15)5-8(14)10-7(13)4-6(2)19-12(10)17/h4,13H,3,5H2,1-2H3. The molecule has 1 aromatic heterocycles. The Kier molecular flexibility index (Phi) is 4.57. The minimum Gasteiger partial charge on any atom is -0.507 e. The first-order chi connectivity index (χ1) is 8.86. The number of hydrogen-bond donors (Lipinski definition) is 1. The minimum absolute atomic E-state index is 0.00329. The van der Waals surface area contributed by atoms with Gasteiger partial charge in [0.25, 0.3) is 0 Å². The van der Waals surface area contributed by atoms with E-state index in [0.717, 1.165) is 6.07 Å². The van der Waals surface area contributed by atoms with Crippen LogP contribution < -0.4 is 5.63 Å². The fourth-order valence-electron chi connectivity index (χ4n) is 1.37. The molecule has 0 atom stereocenters. The molecular formula is C12H12O7. The average Bonchev–Trinajstić information content (AvgIpc) is 2.27. The second kappa shape index (κ2) is 5.94. The van der Waals surface area contributed by atoms with Gasteiger partial charge < -0.3 is 14.3 Å². The lowest BCUT2D eigenvalue weighted by Crippen LogP contribution is -2.23. The molecule has 1 aromatic rings. The molecule has 19 heavy (non-hydrogen) atoms. The number of esters is 1. The summed E-state index contributed by atoms with van der Waals surface area (Å²) in [6.45, 7) is 2.92. The molecule has 0 aliphatic carbocycles. The van der Waals surface area contributed by atoms with Gasteiger partial charge in [0.05, 0.1) is 13.0 Å². The van der Waals surface area contributed by atoms with Gasteiger partial charge in [0, 0.05) is 6.07 Å². The Labute approximate surface area is 107 Å². The lowest BCUT2D eigenvalue weighted by Gasteiger charge is -2.03. The zero-order valence-corrected chi connectivity index (χ0v) is 10.4. The van der Waals surface area contributed by atoms with Crippen molar-refractivity contribution < 1.29 is 28.6 Å². The van der Waals surface area contributed by atoms with Gasteiger partial charge in [-0.3, -0.25) is 9.59 Å². The summed E-state index contributed by atoms with van der Waals surface area (Å²) in [5.74, 6) is -3.71. The van der Waals surface area contributed by atoms with Crippen molar-refractivity contribution in [2.24, 2.45) is 0 Å². The van der Waals surface area contributed by atoms with Crippen LogP contribution in [0.25, 0.3) is 0 Å². The van der Waals surface area contributed by atoms with Gasteiger partial charge in [-0.25, -0.2) is 9.59 Å². The Morgan fingerprint density at radius 1 is 1.37 bits per heavy atom. The van der Waals surface area contributed by atoms with Crippen LogP contribution in [0.1, 0.15) is 29.5 Å². The first-order valence-corrected chi connectivity index (χ1v) is 5.43. The molecule has 0 aromatic carbocycles. The monoisotopic (exact) mass is 268 g/mol. The maximum atomic E-state index is 11.7. The summed E-state index contributed by atoms with van der Waals surface area (Å²) in [4.78, 5) is 45.4. The zero-order valence-electron chi connectivity index (χ0n) is 10.4. The van der Waals surface area contributed by atoms with Crippen LogP contribution in [0.15, 0.2) is 15.3 Å². The topological polar surface area (TPSA) is 111 Å². The lowest BCUT2D eigenvalue weighted by atomic mass is 10.1. The van der Waals surface area contributed by atoms with Crippen molar-refractivity contribution in [3.8, 4) is 5.75 Å². The quantitative estimate of drug-likeness (QED) is 0.355. The summed E-state index contributed by atoms with van der Waals surface area (Å²) in [7, 11) is 0. The molecule has 0 unspecified atom stereocenters. The number of carbonyl (C=O) groups excluding carboxylic acids is 3. The molecule has 1 heterocycles. The number of ketones is 2. The lowest BCUT2D eigenvalue weighted by molar-refractivity contribution is -0.153. The predicted molar refractivity (Wildman–Crippen MR) is 62.0 cm³/mol. The molecule has 0 saturated carbocycles. The highest BCUT2D eigenvalue weighted by Crippen LogP contribution is 2.16. The Morgan fingerprint density at radius 2 is 2.00 bits per heavy atom. The van der Waals surface area contributed by atoms with E-state index >= 15 is 0 Å². The van der Waals surface area contributed by atoms with E-state index in [4.69, 9.17) is 0 Å². The maximum Gasteiger partial charge on any atom is 0.375 e. The second-order valence-corrected chi connectivity index (χ2v) is 3.65. The maximum absolute atomic E-state index is 11.7. The van der Waals surface area contributed by atoms with E-state index in [0.29, 0.717) is 0 Å². The summed E-state index contributed by atoms with van der Waals surface area (Å²) in [6.07, 6.45) is -0.861. The van der Waals surface area contributed by atoms with Crippen LogP contribution in [-0.2, 0) is 14.3 Å². The first kappa shape index (κ1) is 14.6. The Morgan fingerprint density at radius 3 is 2.53 bits per heavy atom. The number of aryl methyl sites for hydroxylation is 1. The van der Waals surface area contributed by atoms with Crippen molar-refractivity contribution in [1.29, 1.82) is 0 Å². The fraction of sp³-hybridized carbons (Fsp3) is 0.333. The Bertz CT molecular complexity index is 582. The molecule has 0 bridgehead atoms. The van der Waals surface area contributed by atoms with Gasteiger partial charge in [-0.15, -0.1) is 0 Å². The predicted octanol–water partition coefficient (Wildman–Crippen LogP) is 0.359. The van der Waals surface area contributed by atoms with E-state index in [9.17, 15) is 24.3 Å². The van der Waals surface area contributed by atoms with Crippen LogP contribution in [0.3, 0.4) is 0 Å². The molecule has 7 heteroatoms. The SMILES string of the molecule is CCOC(=O)C(=O)CC(=O)c1c(O)cc(C)oc1=O. The molecule has 1 rings (SSSR count). The van der Waals surface area contributed by atoms with Crippen molar-refractivity contribution >= 4 is 17.5 Å². The Balaban J connectivity index is 2.94. The summed E-state index contributed by atoms with van der Waals surface area (Å²) in [5.41, 5.74) is -1.71. The van der Waals surface area contributed by atoms with Gasteiger partial charge in [-0.05, 0) is 13.8 Å². The summed E-state index contributed by atoms with van der Waals surface area (Å²) < 4.78 is 9.05. The van der Waals surface area contributed by atoms with Crippen molar-refractivity contribution in [1.82, 2.24) is 0 Å². The van der Waals surface area contributed by atoms with Crippen LogP contribution in [0.5, 0.6) is 5.75 Å². The van der Waals surface area contributed by atoms with E-state index in [1.54, 1.807) is 0 Å². The first-order valence-electron chi connectivity index (χ1n) is 5.43. The number of carbonyl (C=O) groups is 3. The average molecular weight is 268 g/mol. The molecule has 0 spiro atoms. The molecule has 7 nitrogen and oxygen atoms in total. The highest BCUT2D eigenvalue weighted by atomic mass is 16.5. The van der Waals surface area contributed by atoms with Crippen molar-refractivity contribution in [3.63, 3.8) is 0 Å². The van der Waals surface area contributed by atoms with Crippen molar-refractivity contribution in [3.05, 3.63) is 27.8 Å². The van der Waals surface area contributed by atoms with E-state index < -0.39 is 40.9 Å². The van der Waals surface area contributed by atoms with E-state index in [1.807, 2.05) is 0 Å². The van der Waals surface area contributed by atoms with Crippen LogP contribution >= 0.6 is 0 Å². The molecule has 0 aliphatic heterocycles. The van der Waals surface area contributed by atoms with E-state index in [2.05, 4.69) is 9.15 Å². The van der Waals surface area contributed by atoms with Gasteiger partial charge in [-0.2, -0.15) is 0 Å². The Hall–Kier alpha value is -2.44. The molecule has 102 valence electrons. The molecule has 1 N–H and O–H groups in total. The van der Waals surface area contributed by atoms with Gasteiger partial charge in [0.1, 0.15) is 17.1 Å². The third-order valence-corrected chi connectivity index (χ3v) is 2.16. The number of ether oxygens (including phenoxy) is 1. The zero-order chi connectivity index (χ0) is 14.6. The van der Waals surface area contributed by atoms with Crippen LogP contribution in [0, 0.1) is 6.92 Å². The van der Waals surface area contributed by atoms with Crippen LogP contribution in [0.4, 0.5) is 0 Å². The van der Waals surface area contributed by atoms with Crippen LogP contribution in [-0.4, -0.2) is 29.2 Å². The molecule has 0 radical (unpaired) electrons. The number of aromatic hydroxyl groups is 1. The number of Topliss-reactive ketones (excluding diaryl/α,β-unsaturated/α-hetero) is 2. The third-order valence-electron chi connectivity index (χ3n) is 2.16. The van der Waals surface area contributed by atoms with Crippen molar-refractivity contribution in [2.75, 3.05) is 6.61 Å². The number of rotatable bonds is 5. The summed E-state index contributed by atoms with van der Waals surface area (Å²) >= 11 is 0. The minimum atomic E-state index is -1.16. The largest absolute Gasteiger partial charge is 0.507 e. The smallest absolute Gasteiger partial charge is 0.375 e. The van der Waals surface area contributed by atoms with E-state index in [1.165, 1.54) is 13.8 Å². The second-order valence-electron chi connectivity index (χ2n) is 3.65. The van der Waals surface area contributed by atoms with Gasteiger partial charge in [0.15, 0.2) is 5.78 Å². The van der Waals surface area contributed by atoms with Gasteiger partial charge in [0.2, 0.25) is 5.78 Å². The molecule has 0 fully saturated rings.